The maximum atomic E-state index is 10.8. The maximum absolute atomic E-state index is 10.8. The molecule has 0 atom stereocenters. The van der Waals surface area contributed by atoms with Crippen molar-refractivity contribution in [1.82, 2.24) is 19.5 Å². The van der Waals surface area contributed by atoms with Crippen LogP contribution in [0.15, 0.2) is 61.3 Å². The van der Waals surface area contributed by atoms with Crippen LogP contribution >= 0.6 is 0 Å². The molecule has 5 heteroatoms. The molecular formula is C20H18N4O. The number of aromatic hydroxyl groups is 1. The maximum Gasteiger partial charge on any atom is 0.201 e. The van der Waals surface area contributed by atoms with Gasteiger partial charge in [0.15, 0.2) is 0 Å². The number of nitrogens with zero attached hydrogens (tertiary/aromatic N) is 4. The molecule has 124 valence electrons. The molecule has 0 fully saturated rings. The van der Waals surface area contributed by atoms with E-state index >= 15 is 0 Å². The summed E-state index contributed by atoms with van der Waals surface area (Å²) in [6.07, 6.45) is 9.72. The van der Waals surface area contributed by atoms with Gasteiger partial charge in [-0.1, -0.05) is 6.07 Å². The number of rotatable bonds is 4. The van der Waals surface area contributed by atoms with Gasteiger partial charge in [-0.05, 0) is 47.9 Å². The van der Waals surface area contributed by atoms with E-state index in [1.165, 1.54) is 0 Å². The van der Waals surface area contributed by atoms with E-state index in [1.807, 2.05) is 35.0 Å². The molecule has 0 aliphatic heterocycles. The first-order valence-corrected chi connectivity index (χ1v) is 8.22. The van der Waals surface area contributed by atoms with Gasteiger partial charge in [-0.3, -0.25) is 15.0 Å². The molecule has 1 N–H and O–H groups in total. The van der Waals surface area contributed by atoms with Crippen LogP contribution in [-0.4, -0.2) is 24.6 Å². The third-order valence-corrected chi connectivity index (χ3v) is 4.45. The molecule has 0 saturated carbocycles. The lowest BCUT2D eigenvalue weighted by molar-refractivity contribution is 0.422. The van der Waals surface area contributed by atoms with Crippen molar-refractivity contribution < 1.29 is 5.11 Å². The Labute approximate surface area is 145 Å². The van der Waals surface area contributed by atoms with E-state index in [1.54, 1.807) is 24.8 Å². The predicted molar refractivity (Wildman–Crippen MR) is 97.3 cm³/mol. The van der Waals surface area contributed by atoms with E-state index in [9.17, 15) is 5.11 Å². The van der Waals surface area contributed by atoms with Crippen molar-refractivity contribution in [2.24, 2.45) is 0 Å². The topological polar surface area (TPSA) is 63.8 Å². The molecule has 0 aliphatic carbocycles. The predicted octanol–water partition coefficient (Wildman–Crippen LogP) is 3.75. The highest BCUT2D eigenvalue weighted by molar-refractivity contribution is 5.98. The fourth-order valence-corrected chi connectivity index (χ4v) is 3.11. The van der Waals surface area contributed by atoms with Gasteiger partial charge >= 0.3 is 0 Å². The lowest BCUT2D eigenvalue weighted by atomic mass is 10.1. The molecule has 4 aromatic heterocycles. The molecule has 0 aliphatic rings. The van der Waals surface area contributed by atoms with E-state index in [0.717, 1.165) is 39.7 Å². The zero-order valence-electron chi connectivity index (χ0n) is 13.9. The first-order valence-electron chi connectivity index (χ1n) is 8.22. The van der Waals surface area contributed by atoms with Gasteiger partial charge in [-0.25, -0.2) is 0 Å². The summed E-state index contributed by atoms with van der Waals surface area (Å²) in [7, 11) is 0. The summed E-state index contributed by atoms with van der Waals surface area (Å²) in [6.45, 7) is 2.70. The molecule has 0 spiro atoms. The molecule has 0 aromatic carbocycles. The summed E-state index contributed by atoms with van der Waals surface area (Å²) < 4.78 is 1.84. The van der Waals surface area contributed by atoms with Crippen LogP contribution in [0.4, 0.5) is 0 Å². The van der Waals surface area contributed by atoms with E-state index in [0.29, 0.717) is 6.54 Å². The lowest BCUT2D eigenvalue weighted by Gasteiger charge is -2.07. The normalized spacial score (nSPS) is 11.1. The van der Waals surface area contributed by atoms with Crippen molar-refractivity contribution in [1.29, 1.82) is 0 Å². The molecule has 4 aromatic rings. The minimum atomic E-state index is 0.239. The Morgan fingerprint density at radius 2 is 1.84 bits per heavy atom. The van der Waals surface area contributed by atoms with Gasteiger partial charge in [0, 0.05) is 49.6 Å². The Morgan fingerprint density at radius 1 is 1.00 bits per heavy atom. The second-order valence-corrected chi connectivity index (χ2v) is 6.02. The van der Waals surface area contributed by atoms with Crippen LogP contribution in [-0.2, 0) is 13.0 Å². The molecule has 0 saturated heterocycles. The van der Waals surface area contributed by atoms with E-state index < -0.39 is 0 Å². The molecule has 0 bridgehead atoms. The van der Waals surface area contributed by atoms with Crippen LogP contribution in [0.2, 0.25) is 0 Å². The van der Waals surface area contributed by atoms with Crippen LogP contribution in [0.1, 0.15) is 11.3 Å². The van der Waals surface area contributed by atoms with Crippen LogP contribution in [0, 0.1) is 6.92 Å². The molecule has 4 heterocycles. The fraction of sp³-hybridized carbons (Fsp3) is 0.150. The summed E-state index contributed by atoms with van der Waals surface area (Å²) in [6, 6.07) is 9.78. The largest absolute Gasteiger partial charge is 0.494 e. The molecule has 0 amide bonds. The summed E-state index contributed by atoms with van der Waals surface area (Å²) in [5.74, 6) is 0.239. The van der Waals surface area contributed by atoms with Crippen molar-refractivity contribution >= 4 is 10.9 Å². The number of aryl methyl sites for hydroxylation is 3. The average molecular weight is 330 g/mol. The molecular weight excluding hydrogens is 312 g/mol. The van der Waals surface area contributed by atoms with E-state index in [2.05, 4.69) is 27.9 Å². The first-order chi connectivity index (χ1) is 12.2. The standard InChI is InChI=1S/C20H18N4O/c1-14-3-2-8-22-17(14)7-12-24-13-18-19(20(24)25)16(6-11-23-18)15-4-9-21-10-5-15/h2-6,8-11,13,25H,7,12H2,1H3. The Bertz CT molecular complexity index is 1020. The Morgan fingerprint density at radius 3 is 2.64 bits per heavy atom. The number of hydrogen-bond acceptors (Lipinski definition) is 4. The molecule has 25 heavy (non-hydrogen) atoms. The van der Waals surface area contributed by atoms with Crippen LogP contribution in [0.25, 0.3) is 22.0 Å². The van der Waals surface area contributed by atoms with Crippen molar-refractivity contribution in [2.45, 2.75) is 19.9 Å². The summed E-state index contributed by atoms with van der Waals surface area (Å²) >= 11 is 0. The zero-order valence-corrected chi connectivity index (χ0v) is 13.9. The lowest BCUT2D eigenvalue weighted by Crippen LogP contribution is -2.02. The average Bonchev–Trinajstić information content (AvgIpc) is 2.98. The smallest absolute Gasteiger partial charge is 0.201 e. The number of aromatic nitrogens is 4. The second-order valence-electron chi connectivity index (χ2n) is 6.02. The minimum Gasteiger partial charge on any atom is -0.494 e. The van der Waals surface area contributed by atoms with Gasteiger partial charge in [0.2, 0.25) is 5.88 Å². The monoisotopic (exact) mass is 330 g/mol. The number of hydrogen-bond donors (Lipinski definition) is 1. The molecule has 0 radical (unpaired) electrons. The van der Waals surface area contributed by atoms with Crippen LogP contribution in [0.5, 0.6) is 5.88 Å². The number of fused-ring (bicyclic) bond motifs is 1. The third kappa shape index (κ3) is 2.85. The van der Waals surface area contributed by atoms with Crippen molar-refractivity contribution in [3.05, 3.63) is 72.6 Å². The number of pyridine rings is 3. The molecule has 4 rings (SSSR count). The fourth-order valence-electron chi connectivity index (χ4n) is 3.11. The van der Waals surface area contributed by atoms with Gasteiger partial charge in [0.25, 0.3) is 0 Å². The van der Waals surface area contributed by atoms with Gasteiger partial charge in [0.1, 0.15) is 0 Å². The van der Waals surface area contributed by atoms with Gasteiger partial charge in [-0.2, -0.15) is 0 Å². The highest BCUT2D eigenvalue weighted by Crippen LogP contribution is 2.35. The zero-order chi connectivity index (χ0) is 17.2. The Balaban J connectivity index is 1.72. The summed E-state index contributed by atoms with van der Waals surface area (Å²) in [5, 5.41) is 11.5. The summed E-state index contributed by atoms with van der Waals surface area (Å²) in [5.41, 5.74) is 4.95. The third-order valence-electron chi connectivity index (χ3n) is 4.45. The summed E-state index contributed by atoms with van der Waals surface area (Å²) in [4.78, 5) is 12.9. The van der Waals surface area contributed by atoms with E-state index in [4.69, 9.17) is 0 Å². The van der Waals surface area contributed by atoms with Crippen LogP contribution < -0.4 is 0 Å². The Kier molecular flexibility index (Phi) is 3.90. The van der Waals surface area contributed by atoms with Gasteiger partial charge in [0.05, 0.1) is 10.9 Å². The van der Waals surface area contributed by atoms with E-state index in [-0.39, 0.29) is 5.88 Å². The van der Waals surface area contributed by atoms with Crippen molar-refractivity contribution in [3.8, 4) is 17.0 Å². The second kappa shape index (κ2) is 6.36. The SMILES string of the molecule is Cc1cccnc1CCn1cc2nccc(-c3ccncc3)c2c1O. The molecule has 0 unspecified atom stereocenters. The highest BCUT2D eigenvalue weighted by atomic mass is 16.3. The minimum absolute atomic E-state index is 0.239. The van der Waals surface area contributed by atoms with Crippen molar-refractivity contribution in [2.75, 3.05) is 0 Å². The molecule has 5 nitrogen and oxygen atoms in total. The first kappa shape index (κ1) is 15.3. The van der Waals surface area contributed by atoms with Crippen LogP contribution in [0.3, 0.4) is 0 Å². The highest BCUT2D eigenvalue weighted by Gasteiger charge is 2.14. The Hall–Kier alpha value is -3.21. The quantitative estimate of drug-likeness (QED) is 0.619. The van der Waals surface area contributed by atoms with Crippen molar-refractivity contribution in [3.63, 3.8) is 0 Å². The van der Waals surface area contributed by atoms with Gasteiger partial charge < -0.3 is 9.67 Å². The van der Waals surface area contributed by atoms with Gasteiger partial charge in [-0.15, -0.1) is 0 Å².